The number of anilines is 1. The zero-order valence-electron chi connectivity index (χ0n) is 20.7. The van der Waals surface area contributed by atoms with Gasteiger partial charge in [0.05, 0.1) is 23.6 Å². The Balaban J connectivity index is 1.33. The summed E-state index contributed by atoms with van der Waals surface area (Å²) < 4.78 is 20.2. The van der Waals surface area contributed by atoms with Gasteiger partial charge in [-0.2, -0.15) is 5.10 Å². The first-order valence-electron chi connectivity index (χ1n) is 12.2. The molecule has 1 amide bonds. The van der Waals surface area contributed by atoms with Crippen LogP contribution in [0.25, 0.3) is 16.9 Å². The zero-order valence-corrected chi connectivity index (χ0v) is 21.4. The SMILES string of the molecule is CCOC(=O)c1cc(-c2ccc(N3CCN(C(=O)c4ccc(Cl)nc4)CC3)cc2)n(-c2ccc(F)cc2)n1. The largest absolute Gasteiger partial charge is 0.461 e. The molecule has 0 aliphatic carbocycles. The molecule has 0 bridgehead atoms. The lowest BCUT2D eigenvalue weighted by atomic mass is 10.1. The number of hydrogen-bond donors (Lipinski definition) is 0. The first-order chi connectivity index (χ1) is 18.4. The number of carbonyl (C=O) groups excluding carboxylic acids is 2. The van der Waals surface area contributed by atoms with Crippen molar-refractivity contribution in [3.05, 3.63) is 95.2 Å². The average molecular weight is 534 g/mol. The Hall–Kier alpha value is -4.24. The summed E-state index contributed by atoms with van der Waals surface area (Å²) in [4.78, 5) is 33.2. The van der Waals surface area contributed by atoms with E-state index in [4.69, 9.17) is 16.3 Å². The minimum Gasteiger partial charge on any atom is -0.461 e. The van der Waals surface area contributed by atoms with E-state index in [1.807, 2.05) is 29.2 Å². The molecule has 4 aromatic rings. The van der Waals surface area contributed by atoms with Gasteiger partial charge in [0, 0.05) is 43.6 Å². The van der Waals surface area contributed by atoms with Gasteiger partial charge in [-0.3, -0.25) is 4.79 Å². The van der Waals surface area contributed by atoms with Crippen molar-refractivity contribution in [2.75, 3.05) is 37.7 Å². The minimum absolute atomic E-state index is 0.0596. The maximum atomic E-state index is 13.5. The Morgan fingerprint density at radius 3 is 2.26 bits per heavy atom. The third kappa shape index (κ3) is 5.38. The van der Waals surface area contributed by atoms with Crippen LogP contribution in [0.4, 0.5) is 10.1 Å². The number of benzene rings is 2. The highest BCUT2D eigenvalue weighted by Gasteiger charge is 2.23. The van der Waals surface area contributed by atoms with E-state index in [0.717, 1.165) is 11.3 Å². The van der Waals surface area contributed by atoms with Crippen LogP contribution < -0.4 is 4.90 Å². The summed E-state index contributed by atoms with van der Waals surface area (Å²) in [5, 5.41) is 4.79. The maximum absolute atomic E-state index is 13.5. The number of piperazine rings is 1. The molecule has 2 aromatic carbocycles. The molecule has 1 aliphatic heterocycles. The van der Waals surface area contributed by atoms with Crippen LogP contribution in [-0.4, -0.2) is 64.3 Å². The molecule has 0 atom stereocenters. The molecular formula is C28H25ClFN5O3. The molecule has 10 heteroatoms. The number of hydrogen-bond acceptors (Lipinski definition) is 6. The van der Waals surface area contributed by atoms with Crippen molar-refractivity contribution in [3.8, 4) is 16.9 Å². The highest BCUT2D eigenvalue weighted by molar-refractivity contribution is 6.29. The van der Waals surface area contributed by atoms with E-state index in [9.17, 15) is 14.0 Å². The van der Waals surface area contributed by atoms with Crippen molar-refractivity contribution in [1.29, 1.82) is 0 Å². The number of halogens is 2. The number of amides is 1. The maximum Gasteiger partial charge on any atom is 0.358 e. The summed E-state index contributed by atoms with van der Waals surface area (Å²) in [5.74, 6) is -0.937. The van der Waals surface area contributed by atoms with E-state index in [1.165, 1.54) is 18.3 Å². The molecular weight excluding hydrogens is 509 g/mol. The summed E-state index contributed by atoms with van der Waals surface area (Å²) in [6.45, 7) is 4.52. The van der Waals surface area contributed by atoms with Crippen molar-refractivity contribution in [3.63, 3.8) is 0 Å². The summed E-state index contributed by atoms with van der Waals surface area (Å²) in [6, 6.07) is 18.8. The van der Waals surface area contributed by atoms with Crippen molar-refractivity contribution in [2.45, 2.75) is 6.92 Å². The van der Waals surface area contributed by atoms with E-state index in [2.05, 4.69) is 15.0 Å². The third-order valence-electron chi connectivity index (χ3n) is 6.33. The molecule has 194 valence electrons. The third-order valence-corrected chi connectivity index (χ3v) is 6.56. The molecule has 0 unspecified atom stereocenters. The Morgan fingerprint density at radius 1 is 0.947 bits per heavy atom. The van der Waals surface area contributed by atoms with Crippen LogP contribution in [0.5, 0.6) is 0 Å². The number of esters is 1. The number of carbonyl (C=O) groups is 2. The van der Waals surface area contributed by atoms with Gasteiger partial charge >= 0.3 is 5.97 Å². The summed E-state index contributed by atoms with van der Waals surface area (Å²) in [6.07, 6.45) is 1.50. The number of nitrogens with zero attached hydrogens (tertiary/aromatic N) is 5. The van der Waals surface area contributed by atoms with E-state index < -0.39 is 5.97 Å². The van der Waals surface area contributed by atoms with Crippen LogP contribution in [0.3, 0.4) is 0 Å². The molecule has 0 radical (unpaired) electrons. The quantitative estimate of drug-likeness (QED) is 0.260. The van der Waals surface area contributed by atoms with Gasteiger partial charge in [-0.05, 0) is 61.5 Å². The topological polar surface area (TPSA) is 80.6 Å². The van der Waals surface area contributed by atoms with Crippen molar-refractivity contribution in [2.24, 2.45) is 0 Å². The summed E-state index contributed by atoms with van der Waals surface area (Å²) >= 11 is 5.83. The highest BCUT2D eigenvalue weighted by Crippen LogP contribution is 2.28. The Labute approximate surface area is 224 Å². The average Bonchev–Trinajstić information content (AvgIpc) is 3.40. The summed E-state index contributed by atoms with van der Waals surface area (Å²) in [5.41, 5.74) is 3.85. The molecule has 1 fully saturated rings. The van der Waals surface area contributed by atoms with Gasteiger partial charge < -0.3 is 14.5 Å². The first kappa shape index (κ1) is 25.4. The van der Waals surface area contributed by atoms with Crippen LogP contribution >= 0.6 is 11.6 Å². The van der Waals surface area contributed by atoms with Gasteiger partial charge in [0.1, 0.15) is 11.0 Å². The molecule has 2 aromatic heterocycles. The lowest BCUT2D eigenvalue weighted by Gasteiger charge is -2.36. The second kappa shape index (κ2) is 11.0. The van der Waals surface area contributed by atoms with E-state index in [0.29, 0.717) is 48.3 Å². The smallest absolute Gasteiger partial charge is 0.358 e. The van der Waals surface area contributed by atoms with Gasteiger partial charge in [-0.1, -0.05) is 23.7 Å². The fourth-order valence-electron chi connectivity index (χ4n) is 4.37. The number of pyridine rings is 1. The van der Waals surface area contributed by atoms with Crippen LogP contribution in [0, 0.1) is 5.82 Å². The predicted octanol–water partition coefficient (Wildman–Crippen LogP) is 4.87. The molecule has 0 saturated carbocycles. The number of rotatable bonds is 6. The lowest BCUT2D eigenvalue weighted by molar-refractivity contribution is 0.0518. The first-order valence-corrected chi connectivity index (χ1v) is 12.6. The monoisotopic (exact) mass is 533 g/mol. The van der Waals surface area contributed by atoms with Gasteiger partial charge in [-0.25, -0.2) is 18.9 Å². The van der Waals surface area contributed by atoms with Gasteiger partial charge in [-0.15, -0.1) is 0 Å². The van der Waals surface area contributed by atoms with Crippen LogP contribution in [0.15, 0.2) is 72.9 Å². The van der Waals surface area contributed by atoms with Crippen molar-refractivity contribution in [1.82, 2.24) is 19.7 Å². The van der Waals surface area contributed by atoms with Gasteiger partial charge in [0.15, 0.2) is 5.69 Å². The van der Waals surface area contributed by atoms with Gasteiger partial charge in [0.25, 0.3) is 5.91 Å². The van der Waals surface area contributed by atoms with E-state index >= 15 is 0 Å². The Bertz CT molecular complexity index is 1430. The van der Waals surface area contributed by atoms with Crippen LogP contribution in [0.1, 0.15) is 27.8 Å². The standard InChI is InChI=1S/C28H25ClFN5O3/c1-2-38-28(37)24-17-25(35(32-24)23-10-6-21(30)7-11-23)19-3-8-22(9-4-19)33-13-15-34(16-14-33)27(36)20-5-12-26(29)31-18-20/h3-12,17-18H,2,13-16H2,1H3. The molecule has 0 N–H and O–H groups in total. The molecule has 8 nitrogen and oxygen atoms in total. The van der Waals surface area contributed by atoms with E-state index in [1.54, 1.807) is 41.9 Å². The van der Waals surface area contributed by atoms with Crippen LogP contribution in [0.2, 0.25) is 5.15 Å². The molecule has 3 heterocycles. The van der Waals surface area contributed by atoms with Gasteiger partial charge in [0.2, 0.25) is 0 Å². The fourth-order valence-corrected chi connectivity index (χ4v) is 4.48. The van der Waals surface area contributed by atoms with Crippen LogP contribution in [-0.2, 0) is 4.74 Å². The highest BCUT2D eigenvalue weighted by atomic mass is 35.5. The molecule has 5 rings (SSSR count). The normalized spacial score (nSPS) is 13.4. The van der Waals surface area contributed by atoms with Crippen molar-refractivity contribution < 1.29 is 18.7 Å². The summed E-state index contributed by atoms with van der Waals surface area (Å²) in [7, 11) is 0. The lowest BCUT2D eigenvalue weighted by Crippen LogP contribution is -2.48. The fraction of sp³-hybridized carbons (Fsp3) is 0.214. The van der Waals surface area contributed by atoms with E-state index in [-0.39, 0.29) is 24.0 Å². The Kier molecular flexibility index (Phi) is 7.37. The Morgan fingerprint density at radius 2 is 1.63 bits per heavy atom. The molecule has 38 heavy (non-hydrogen) atoms. The number of aromatic nitrogens is 3. The second-order valence-corrected chi connectivity index (χ2v) is 9.11. The minimum atomic E-state index is -0.520. The predicted molar refractivity (Wildman–Crippen MR) is 142 cm³/mol. The number of ether oxygens (including phenoxy) is 1. The zero-order chi connectivity index (χ0) is 26.6. The molecule has 1 saturated heterocycles. The molecule has 0 spiro atoms. The van der Waals surface area contributed by atoms with Crippen molar-refractivity contribution >= 4 is 29.2 Å². The molecule has 1 aliphatic rings. The second-order valence-electron chi connectivity index (χ2n) is 8.72.